The molecular formula is C14H22N2O3. The zero-order chi connectivity index (χ0) is 14.3. The fourth-order valence-corrected chi connectivity index (χ4v) is 1.85. The molecule has 0 aliphatic rings. The minimum absolute atomic E-state index is 0.154. The van der Waals surface area contributed by atoms with E-state index in [4.69, 9.17) is 9.47 Å². The molecule has 0 saturated carbocycles. The molecule has 1 atom stereocenters. The van der Waals surface area contributed by atoms with Gasteiger partial charge in [0.15, 0.2) is 11.5 Å². The SMILES string of the molecule is CNCC(C)CNC(=O)c1cccc(OC)c1OC. The van der Waals surface area contributed by atoms with Gasteiger partial charge in [0, 0.05) is 6.54 Å². The van der Waals surface area contributed by atoms with Crippen molar-refractivity contribution in [1.29, 1.82) is 0 Å². The molecule has 0 aliphatic carbocycles. The summed E-state index contributed by atoms with van der Waals surface area (Å²) in [5, 5.41) is 5.97. The van der Waals surface area contributed by atoms with Crippen molar-refractivity contribution in [3.8, 4) is 11.5 Å². The highest BCUT2D eigenvalue weighted by Crippen LogP contribution is 2.30. The first-order valence-electron chi connectivity index (χ1n) is 6.27. The van der Waals surface area contributed by atoms with Gasteiger partial charge in [-0.1, -0.05) is 13.0 Å². The lowest BCUT2D eigenvalue weighted by molar-refractivity contribution is 0.0944. The van der Waals surface area contributed by atoms with Gasteiger partial charge in [0.05, 0.1) is 19.8 Å². The van der Waals surface area contributed by atoms with E-state index in [1.54, 1.807) is 25.3 Å². The number of nitrogens with one attached hydrogen (secondary N) is 2. The Bertz CT molecular complexity index is 421. The first-order valence-corrected chi connectivity index (χ1v) is 6.27. The smallest absolute Gasteiger partial charge is 0.255 e. The fourth-order valence-electron chi connectivity index (χ4n) is 1.85. The zero-order valence-electron chi connectivity index (χ0n) is 11.9. The topological polar surface area (TPSA) is 59.6 Å². The third kappa shape index (κ3) is 4.13. The maximum Gasteiger partial charge on any atom is 0.255 e. The molecule has 0 bridgehead atoms. The van der Waals surface area contributed by atoms with Crippen molar-refractivity contribution in [3.05, 3.63) is 23.8 Å². The first-order chi connectivity index (χ1) is 9.13. The van der Waals surface area contributed by atoms with Gasteiger partial charge in [0.25, 0.3) is 5.91 Å². The molecule has 1 rings (SSSR count). The third-order valence-electron chi connectivity index (χ3n) is 2.81. The van der Waals surface area contributed by atoms with Crippen molar-refractivity contribution in [1.82, 2.24) is 10.6 Å². The van der Waals surface area contributed by atoms with E-state index in [0.717, 1.165) is 6.54 Å². The van der Waals surface area contributed by atoms with E-state index in [-0.39, 0.29) is 5.91 Å². The Hall–Kier alpha value is -1.75. The van der Waals surface area contributed by atoms with Crippen molar-refractivity contribution in [3.63, 3.8) is 0 Å². The minimum atomic E-state index is -0.154. The van der Waals surface area contributed by atoms with Gasteiger partial charge in [-0.05, 0) is 31.6 Å². The van der Waals surface area contributed by atoms with Crippen LogP contribution in [-0.4, -0.2) is 40.3 Å². The summed E-state index contributed by atoms with van der Waals surface area (Å²) >= 11 is 0. The molecule has 0 fully saturated rings. The van der Waals surface area contributed by atoms with Crippen LogP contribution in [0.4, 0.5) is 0 Å². The standard InChI is InChI=1S/C14H22N2O3/c1-10(8-15-2)9-16-14(17)11-6-5-7-12(18-3)13(11)19-4/h5-7,10,15H,8-9H2,1-4H3,(H,16,17). The molecular weight excluding hydrogens is 244 g/mol. The van der Waals surface area contributed by atoms with Crippen LogP contribution in [0.1, 0.15) is 17.3 Å². The van der Waals surface area contributed by atoms with Crippen LogP contribution >= 0.6 is 0 Å². The van der Waals surface area contributed by atoms with E-state index < -0.39 is 0 Å². The average Bonchev–Trinajstić information content (AvgIpc) is 2.44. The molecule has 0 radical (unpaired) electrons. The van der Waals surface area contributed by atoms with Gasteiger partial charge in [-0.25, -0.2) is 0 Å². The second kappa shape index (κ2) is 7.63. The molecule has 19 heavy (non-hydrogen) atoms. The molecule has 0 aromatic heterocycles. The Kier molecular flexibility index (Phi) is 6.15. The summed E-state index contributed by atoms with van der Waals surface area (Å²) in [4.78, 5) is 12.1. The van der Waals surface area contributed by atoms with Crippen molar-refractivity contribution in [2.75, 3.05) is 34.4 Å². The molecule has 5 heteroatoms. The highest BCUT2D eigenvalue weighted by atomic mass is 16.5. The van der Waals surface area contributed by atoms with E-state index in [0.29, 0.717) is 29.5 Å². The number of para-hydroxylation sites is 1. The number of carbonyl (C=O) groups excluding carboxylic acids is 1. The second-order valence-electron chi connectivity index (χ2n) is 4.41. The van der Waals surface area contributed by atoms with E-state index in [1.807, 2.05) is 7.05 Å². The number of amides is 1. The molecule has 5 nitrogen and oxygen atoms in total. The minimum Gasteiger partial charge on any atom is -0.493 e. The van der Waals surface area contributed by atoms with Crippen molar-refractivity contribution >= 4 is 5.91 Å². The van der Waals surface area contributed by atoms with Crippen molar-refractivity contribution in [2.24, 2.45) is 5.92 Å². The van der Waals surface area contributed by atoms with E-state index >= 15 is 0 Å². The fraction of sp³-hybridized carbons (Fsp3) is 0.500. The maximum absolute atomic E-state index is 12.1. The molecule has 0 saturated heterocycles. The van der Waals surface area contributed by atoms with Crippen molar-refractivity contribution < 1.29 is 14.3 Å². The summed E-state index contributed by atoms with van der Waals surface area (Å²) in [6.45, 7) is 3.54. The predicted octanol–water partition coefficient (Wildman–Crippen LogP) is 1.29. The number of rotatable bonds is 7. The molecule has 0 aliphatic heterocycles. The summed E-state index contributed by atoms with van der Waals surface area (Å²) in [6.07, 6.45) is 0. The lowest BCUT2D eigenvalue weighted by Crippen LogP contribution is -2.32. The Morgan fingerprint density at radius 2 is 2.00 bits per heavy atom. The Morgan fingerprint density at radius 1 is 1.26 bits per heavy atom. The lowest BCUT2D eigenvalue weighted by atomic mass is 10.1. The summed E-state index contributed by atoms with van der Waals surface area (Å²) in [7, 11) is 4.97. The number of hydrogen-bond donors (Lipinski definition) is 2. The molecule has 0 spiro atoms. The van der Waals surface area contributed by atoms with Gasteiger partial charge in [-0.2, -0.15) is 0 Å². The number of methoxy groups -OCH3 is 2. The van der Waals surface area contributed by atoms with Crippen LogP contribution in [0.2, 0.25) is 0 Å². The molecule has 1 unspecified atom stereocenters. The quantitative estimate of drug-likeness (QED) is 0.781. The van der Waals surface area contributed by atoms with Crippen LogP contribution in [0.15, 0.2) is 18.2 Å². The Morgan fingerprint density at radius 3 is 2.58 bits per heavy atom. The lowest BCUT2D eigenvalue weighted by Gasteiger charge is -2.15. The van der Waals surface area contributed by atoms with Gasteiger partial charge in [0.2, 0.25) is 0 Å². The summed E-state index contributed by atoms with van der Waals surface area (Å²) in [5.74, 6) is 1.23. The van der Waals surface area contributed by atoms with E-state index in [1.165, 1.54) is 7.11 Å². The van der Waals surface area contributed by atoms with Crippen LogP contribution < -0.4 is 20.1 Å². The van der Waals surface area contributed by atoms with Gasteiger partial charge in [-0.3, -0.25) is 4.79 Å². The van der Waals surface area contributed by atoms with Crippen LogP contribution in [0.25, 0.3) is 0 Å². The van der Waals surface area contributed by atoms with Crippen LogP contribution in [0.3, 0.4) is 0 Å². The second-order valence-corrected chi connectivity index (χ2v) is 4.41. The monoisotopic (exact) mass is 266 g/mol. The van der Waals surface area contributed by atoms with E-state index in [2.05, 4.69) is 17.6 Å². The normalized spacial score (nSPS) is 11.8. The molecule has 2 N–H and O–H groups in total. The zero-order valence-corrected chi connectivity index (χ0v) is 11.9. The average molecular weight is 266 g/mol. The van der Waals surface area contributed by atoms with Crippen LogP contribution in [0.5, 0.6) is 11.5 Å². The summed E-state index contributed by atoms with van der Waals surface area (Å²) < 4.78 is 10.4. The number of hydrogen-bond acceptors (Lipinski definition) is 4. The first kappa shape index (κ1) is 15.3. The molecule has 1 amide bonds. The van der Waals surface area contributed by atoms with E-state index in [9.17, 15) is 4.79 Å². The molecule has 0 heterocycles. The van der Waals surface area contributed by atoms with Gasteiger partial charge in [-0.15, -0.1) is 0 Å². The van der Waals surface area contributed by atoms with Gasteiger partial charge in [0.1, 0.15) is 0 Å². The van der Waals surface area contributed by atoms with Gasteiger partial charge >= 0.3 is 0 Å². The molecule has 1 aromatic rings. The Labute approximate surface area is 114 Å². The third-order valence-corrected chi connectivity index (χ3v) is 2.81. The largest absolute Gasteiger partial charge is 0.493 e. The number of benzene rings is 1. The maximum atomic E-state index is 12.1. The van der Waals surface area contributed by atoms with Crippen LogP contribution in [0, 0.1) is 5.92 Å². The van der Waals surface area contributed by atoms with Crippen LogP contribution in [-0.2, 0) is 0 Å². The summed E-state index contributed by atoms with van der Waals surface area (Å²) in [5.41, 5.74) is 0.485. The number of ether oxygens (including phenoxy) is 2. The Balaban J connectivity index is 2.76. The number of carbonyl (C=O) groups is 1. The van der Waals surface area contributed by atoms with Gasteiger partial charge < -0.3 is 20.1 Å². The highest BCUT2D eigenvalue weighted by Gasteiger charge is 2.16. The summed E-state index contributed by atoms with van der Waals surface area (Å²) in [6, 6.07) is 5.26. The molecule has 106 valence electrons. The van der Waals surface area contributed by atoms with Crippen molar-refractivity contribution in [2.45, 2.75) is 6.92 Å². The predicted molar refractivity (Wildman–Crippen MR) is 75.0 cm³/mol. The highest BCUT2D eigenvalue weighted by molar-refractivity contribution is 5.97. The molecule has 1 aromatic carbocycles.